The number of carbonyl (C=O) groups is 1. The van der Waals surface area contributed by atoms with Gasteiger partial charge in [-0.25, -0.2) is 8.42 Å². The van der Waals surface area contributed by atoms with Gasteiger partial charge in [0.05, 0.1) is 4.90 Å². The molecule has 6 nitrogen and oxygen atoms in total. The molecule has 3 unspecified atom stereocenters. The number of sulfonamides is 1. The van der Waals surface area contributed by atoms with Crippen LogP contribution in [0.4, 0.5) is 0 Å². The van der Waals surface area contributed by atoms with Crippen molar-refractivity contribution in [2.45, 2.75) is 55.6 Å². The number of nitrogens with zero attached hydrogens (tertiary/aromatic N) is 1. The number of rotatable bonds is 4. The summed E-state index contributed by atoms with van der Waals surface area (Å²) < 4.78 is 27.0. The molecule has 1 amide bonds. The van der Waals surface area contributed by atoms with Crippen molar-refractivity contribution in [2.75, 3.05) is 13.1 Å². The predicted molar refractivity (Wildman–Crippen MR) is 99.2 cm³/mol. The normalized spacial score (nSPS) is 27.5. The van der Waals surface area contributed by atoms with Crippen molar-refractivity contribution in [1.29, 1.82) is 0 Å². The fourth-order valence-electron chi connectivity index (χ4n) is 3.54. The van der Waals surface area contributed by atoms with Crippen molar-refractivity contribution in [2.24, 2.45) is 0 Å². The smallest absolute Gasteiger partial charge is 0.243 e. The molecule has 0 radical (unpaired) electrons. The molecule has 25 heavy (non-hydrogen) atoms. The monoisotopic (exact) mass is 387 g/mol. The summed E-state index contributed by atoms with van der Waals surface area (Å²) in [6.45, 7) is 3.41. The molecule has 140 valence electrons. The molecule has 1 aromatic carbocycles. The van der Waals surface area contributed by atoms with Crippen LogP contribution >= 0.6 is 12.4 Å². The average molecular weight is 388 g/mol. The minimum Gasteiger partial charge on any atom is -0.350 e. The molecule has 2 heterocycles. The molecular weight excluding hydrogens is 362 g/mol. The van der Waals surface area contributed by atoms with Crippen LogP contribution in [0.25, 0.3) is 0 Å². The lowest BCUT2D eigenvalue weighted by molar-refractivity contribution is -0.125. The number of halogens is 1. The van der Waals surface area contributed by atoms with Crippen molar-refractivity contribution in [1.82, 2.24) is 14.9 Å². The molecule has 2 aliphatic heterocycles. The van der Waals surface area contributed by atoms with Gasteiger partial charge in [-0.05, 0) is 51.3 Å². The highest BCUT2D eigenvalue weighted by atomic mass is 35.5. The first-order valence-electron chi connectivity index (χ1n) is 8.61. The Morgan fingerprint density at radius 1 is 1.20 bits per heavy atom. The van der Waals surface area contributed by atoms with Gasteiger partial charge in [0.1, 0.15) is 6.04 Å². The van der Waals surface area contributed by atoms with E-state index >= 15 is 0 Å². The molecule has 0 spiro atoms. The Bertz CT molecular complexity index is 684. The number of nitrogens with one attached hydrogen (secondary N) is 2. The molecule has 8 heteroatoms. The van der Waals surface area contributed by atoms with E-state index in [2.05, 4.69) is 17.6 Å². The molecule has 1 aromatic rings. The van der Waals surface area contributed by atoms with Gasteiger partial charge in [0.15, 0.2) is 0 Å². The maximum absolute atomic E-state index is 12.8. The van der Waals surface area contributed by atoms with E-state index in [1.165, 1.54) is 4.31 Å². The van der Waals surface area contributed by atoms with Crippen LogP contribution in [0.15, 0.2) is 35.2 Å². The number of hydrogen-bond donors (Lipinski definition) is 2. The second-order valence-corrected chi connectivity index (χ2v) is 8.48. The molecule has 2 N–H and O–H groups in total. The lowest BCUT2D eigenvalue weighted by atomic mass is 9.99. The Hall–Kier alpha value is -1.15. The van der Waals surface area contributed by atoms with Crippen LogP contribution in [0.2, 0.25) is 0 Å². The van der Waals surface area contributed by atoms with E-state index < -0.39 is 16.1 Å². The topological polar surface area (TPSA) is 78.5 Å². The maximum atomic E-state index is 12.8. The molecule has 2 saturated heterocycles. The first-order chi connectivity index (χ1) is 11.5. The number of hydrogen-bond acceptors (Lipinski definition) is 4. The minimum absolute atomic E-state index is 0. The number of benzene rings is 1. The zero-order valence-corrected chi connectivity index (χ0v) is 16.0. The van der Waals surface area contributed by atoms with Gasteiger partial charge in [-0.3, -0.25) is 4.79 Å². The summed E-state index contributed by atoms with van der Waals surface area (Å²) in [5.74, 6) is -0.174. The Morgan fingerprint density at radius 2 is 1.92 bits per heavy atom. The molecule has 0 saturated carbocycles. The van der Waals surface area contributed by atoms with Crippen LogP contribution in [-0.2, 0) is 14.8 Å². The molecule has 0 bridgehead atoms. The van der Waals surface area contributed by atoms with Crippen LogP contribution < -0.4 is 10.6 Å². The van der Waals surface area contributed by atoms with E-state index in [9.17, 15) is 13.2 Å². The van der Waals surface area contributed by atoms with Crippen molar-refractivity contribution in [3.63, 3.8) is 0 Å². The van der Waals surface area contributed by atoms with Gasteiger partial charge in [-0.1, -0.05) is 18.2 Å². The third-order valence-electron chi connectivity index (χ3n) is 4.95. The van der Waals surface area contributed by atoms with Crippen LogP contribution in [0.5, 0.6) is 0 Å². The Kier molecular flexibility index (Phi) is 6.85. The summed E-state index contributed by atoms with van der Waals surface area (Å²) in [5.41, 5.74) is 0. The molecule has 2 aliphatic rings. The Balaban J connectivity index is 0.00000225. The highest BCUT2D eigenvalue weighted by Gasteiger charge is 2.40. The van der Waals surface area contributed by atoms with Crippen LogP contribution in [0.3, 0.4) is 0 Å². The molecule has 3 rings (SSSR count). The van der Waals surface area contributed by atoms with Crippen LogP contribution in [-0.4, -0.2) is 49.8 Å². The van der Waals surface area contributed by atoms with E-state index in [4.69, 9.17) is 0 Å². The summed E-state index contributed by atoms with van der Waals surface area (Å²) >= 11 is 0. The van der Waals surface area contributed by atoms with Crippen LogP contribution in [0.1, 0.15) is 32.6 Å². The Morgan fingerprint density at radius 3 is 2.60 bits per heavy atom. The minimum atomic E-state index is -3.63. The highest BCUT2D eigenvalue weighted by Crippen LogP contribution is 2.26. The van der Waals surface area contributed by atoms with Gasteiger partial charge >= 0.3 is 0 Å². The number of carbonyl (C=O) groups excluding carboxylic acids is 1. The Labute approximate surface area is 155 Å². The zero-order valence-electron chi connectivity index (χ0n) is 14.3. The van der Waals surface area contributed by atoms with Gasteiger partial charge in [0.2, 0.25) is 15.9 Å². The summed E-state index contributed by atoms with van der Waals surface area (Å²) in [7, 11) is -3.63. The van der Waals surface area contributed by atoms with Crippen molar-refractivity contribution in [3.8, 4) is 0 Å². The second kappa shape index (κ2) is 8.49. The van der Waals surface area contributed by atoms with Gasteiger partial charge in [-0.15, -0.1) is 12.4 Å². The summed E-state index contributed by atoms with van der Waals surface area (Å²) in [5, 5.41) is 6.41. The number of piperidine rings is 1. The highest BCUT2D eigenvalue weighted by molar-refractivity contribution is 7.89. The van der Waals surface area contributed by atoms with Gasteiger partial charge in [0, 0.05) is 18.6 Å². The fourth-order valence-corrected chi connectivity index (χ4v) is 5.22. The number of amides is 1. The summed E-state index contributed by atoms with van der Waals surface area (Å²) in [6.07, 6.45) is 3.24. The lowest BCUT2D eigenvalue weighted by Gasteiger charge is -2.32. The lowest BCUT2D eigenvalue weighted by Crippen LogP contribution is -2.56. The predicted octanol–water partition coefficient (Wildman–Crippen LogP) is 1.52. The molecule has 3 atom stereocenters. The van der Waals surface area contributed by atoms with Crippen molar-refractivity contribution < 1.29 is 13.2 Å². The van der Waals surface area contributed by atoms with E-state index in [0.717, 1.165) is 19.4 Å². The molecular formula is C17H26ClN3O3S. The van der Waals surface area contributed by atoms with Crippen molar-refractivity contribution >= 4 is 28.3 Å². The van der Waals surface area contributed by atoms with Gasteiger partial charge in [0.25, 0.3) is 0 Å². The van der Waals surface area contributed by atoms with E-state index in [1.54, 1.807) is 30.3 Å². The SMILES string of the molecule is CC1NCCCC1NC(=O)C1CCCN1S(=O)(=O)c1ccccc1.Cl. The van der Waals surface area contributed by atoms with E-state index in [0.29, 0.717) is 19.4 Å². The zero-order chi connectivity index (χ0) is 17.2. The van der Waals surface area contributed by atoms with Crippen LogP contribution in [0, 0.1) is 0 Å². The standard InChI is InChI=1S/C17H25N3O3S.ClH/c1-13-15(9-5-11-18-13)19-17(21)16-10-6-12-20(16)24(22,23)14-7-3-2-4-8-14;/h2-4,7-8,13,15-16,18H,5-6,9-12H2,1H3,(H,19,21);1H. The third kappa shape index (κ3) is 4.34. The maximum Gasteiger partial charge on any atom is 0.243 e. The summed E-state index contributed by atoms with van der Waals surface area (Å²) in [6, 6.07) is 8.01. The largest absolute Gasteiger partial charge is 0.350 e. The van der Waals surface area contributed by atoms with Gasteiger partial charge < -0.3 is 10.6 Å². The molecule has 2 fully saturated rings. The summed E-state index contributed by atoms with van der Waals surface area (Å²) in [4.78, 5) is 13.0. The van der Waals surface area contributed by atoms with E-state index in [1.807, 2.05) is 0 Å². The van der Waals surface area contributed by atoms with E-state index in [-0.39, 0.29) is 35.3 Å². The quantitative estimate of drug-likeness (QED) is 0.821. The molecule has 0 aromatic heterocycles. The third-order valence-corrected chi connectivity index (χ3v) is 6.87. The average Bonchev–Trinajstić information content (AvgIpc) is 3.08. The first-order valence-corrected chi connectivity index (χ1v) is 10.0. The van der Waals surface area contributed by atoms with Gasteiger partial charge in [-0.2, -0.15) is 4.31 Å². The van der Waals surface area contributed by atoms with Crippen molar-refractivity contribution in [3.05, 3.63) is 30.3 Å². The first kappa shape index (κ1) is 20.2. The second-order valence-electron chi connectivity index (χ2n) is 6.59. The molecule has 0 aliphatic carbocycles. The fraction of sp³-hybridized carbons (Fsp3) is 0.588.